The second-order valence-electron chi connectivity index (χ2n) is 2.88. The predicted octanol–water partition coefficient (Wildman–Crippen LogP) is 0.412. The molecule has 0 fully saturated rings. The van der Waals surface area contributed by atoms with Crippen molar-refractivity contribution in [2.24, 2.45) is 5.73 Å². The molecule has 0 rings (SSSR count). The minimum atomic E-state index is 0.756. The van der Waals surface area contributed by atoms with Gasteiger partial charge in [-0.2, -0.15) is 0 Å². The summed E-state index contributed by atoms with van der Waals surface area (Å²) in [4.78, 5) is 0. The van der Waals surface area contributed by atoms with Crippen LogP contribution in [0.2, 0.25) is 0 Å². The normalized spacial score (nSPS) is 10.4. The third-order valence-electron chi connectivity index (χ3n) is 1.64. The highest BCUT2D eigenvalue weighted by Crippen LogP contribution is 1.72. The number of hydrogen-bond acceptors (Lipinski definition) is 3. The van der Waals surface area contributed by atoms with E-state index < -0.39 is 0 Å². The molecule has 14 heavy (non-hydrogen) atoms. The van der Waals surface area contributed by atoms with Crippen LogP contribution in [0.25, 0.3) is 0 Å². The quantitative estimate of drug-likeness (QED) is 0.284. The summed E-state index contributed by atoms with van der Waals surface area (Å²) in [7, 11) is 0. The van der Waals surface area contributed by atoms with Crippen molar-refractivity contribution in [3.8, 4) is 0 Å². The van der Waals surface area contributed by atoms with Crippen molar-refractivity contribution in [2.45, 2.75) is 6.42 Å². The number of hydrogen-bond donors (Lipinski definition) is 3. The maximum atomic E-state index is 5.35. The third-order valence-corrected chi connectivity index (χ3v) is 1.64. The van der Waals surface area contributed by atoms with E-state index in [1.807, 2.05) is 6.08 Å². The molecule has 0 atom stereocenters. The maximum Gasteiger partial charge on any atom is 0.0212 e. The van der Waals surface area contributed by atoms with Gasteiger partial charge in [-0.25, -0.2) is 0 Å². The molecule has 0 spiro atoms. The molecular formula is C11H21N3. The van der Waals surface area contributed by atoms with E-state index in [1.165, 1.54) is 0 Å². The fourth-order valence-electron chi connectivity index (χ4n) is 0.890. The monoisotopic (exact) mass is 195 g/mol. The lowest BCUT2D eigenvalue weighted by molar-refractivity contribution is 0.698. The molecule has 0 aliphatic heterocycles. The summed E-state index contributed by atoms with van der Waals surface area (Å²) < 4.78 is 0. The van der Waals surface area contributed by atoms with Gasteiger partial charge in [-0.15, -0.1) is 5.73 Å². The van der Waals surface area contributed by atoms with E-state index in [0.29, 0.717) is 0 Å². The zero-order valence-corrected chi connectivity index (χ0v) is 8.76. The van der Waals surface area contributed by atoms with Gasteiger partial charge in [-0.1, -0.05) is 18.7 Å². The summed E-state index contributed by atoms with van der Waals surface area (Å²) in [5, 5.41) is 6.46. The third kappa shape index (κ3) is 11.1. The van der Waals surface area contributed by atoms with Crippen molar-refractivity contribution in [1.29, 1.82) is 0 Å². The standard InChI is InChI=1S/C11H21N3/c1-2-3-8-13-9-4-5-10-14-11-6-7-12/h3-5,13-14H,1,6-12H2. The second-order valence-corrected chi connectivity index (χ2v) is 2.88. The SMILES string of the molecule is C=C=CCNCC=CCNCCCN. The van der Waals surface area contributed by atoms with Crippen LogP contribution in [0.5, 0.6) is 0 Å². The van der Waals surface area contributed by atoms with E-state index in [1.54, 1.807) is 0 Å². The minimum Gasteiger partial charge on any atom is -0.330 e. The minimum absolute atomic E-state index is 0.756. The molecule has 0 saturated heterocycles. The average Bonchev–Trinajstić information content (AvgIpc) is 2.21. The molecule has 0 bridgehead atoms. The Hall–Kier alpha value is -0.860. The first-order valence-corrected chi connectivity index (χ1v) is 5.02. The molecule has 0 saturated carbocycles. The largest absolute Gasteiger partial charge is 0.330 e. The smallest absolute Gasteiger partial charge is 0.0212 e. The van der Waals surface area contributed by atoms with Gasteiger partial charge in [0.15, 0.2) is 0 Å². The van der Waals surface area contributed by atoms with Gasteiger partial charge >= 0.3 is 0 Å². The lowest BCUT2D eigenvalue weighted by Crippen LogP contribution is -2.18. The van der Waals surface area contributed by atoms with Crippen LogP contribution in [0.1, 0.15) is 6.42 Å². The summed E-state index contributed by atoms with van der Waals surface area (Å²) in [6, 6.07) is 0. The second kappa shape index (κ2) is 12.1. The van der Waals surface area contributed by atoms with E-state index in [0.717, 1.165) is 39.1 Å². The topological polar surface area (TPSA) is 50.1 Å². The van der Waals surface area contributed by atoms with E-state index in [-0.39, 0.29) is 0 Å². The van der Waals surface area contributed by atoms with Crippen LogP contribution in [-0.2, 0) is 0 Å². The van der Waals surface area contributed by atoms with Crippen LogP contribution in [0.3, 0.4) is 0 Å². The Morgan fingerprint density at radius 3 is 2.50 bits per heavy atom. The van der Waals surface area contributed by atoms with Gasteiger partial charge in [0.1, 0.15) is 0 Å². The first kappa shape index (κ1) is 13.1. The first-order chi connectivity index (χ1) is 6.91. The van der Waals surface area contributed by atoms with Gasteiger partial charge in [0.25, 0.3) is 0 Å². The molecule has 0 radical (unpaired) electrons. The molecule has 0 aromatic rings. The van der Waals surface area contributed by atoms with Gasteiger partial charge in [0, 0.05) is 19.6 Å². The Bertz CT molecular complexity index is 181. The molecule has 3 nitrogen and oxygen atoms in total. The van der Waals surface area contributed by atoms with Crippen LogP contribution < -0.4 is 16.4 Å². The van der Waals surface area contributed by atoms with Gasteiger partial charge in [-0.3, -0.25) is 0 Å². The Balaban J connectivity index is 3.07. The number of nitrogens with two attached hydrogens (primary N) is 1. The van der Waals surface area contributed by atoms with Crippen LogP contribution in [-0.4, -0.2) is 32.7 Å². The van der Waals surface area contributed by atoms with Crippen molar-refractivity contribution in [3.63, 3.8) is 0 Å². The molecule has 0 aromatic carbocycles. The van der Waals surface area contributed by atoms with Crippen molar-refractivity contribution >= 4 is 0 Å². The Labute approximate surface area is 86.8 Å². The van der Waals surface area contributed by atoms with Crippen LogP contribution in [0.15, 0.2) is 30.5 Å². The van der Waals surface area contributed by atoms with Crippen molar-refractivity contribution < 1.29 is 0 Å². The van der Waals surface area contributed by atoms with Gasteiger partial charge in [-0.05, 0) is 25.6 Å². The summed E-state index contributed by atoms with van der Waals surface area (Å²) in [6.45, 7) is 7.86. The highest BCUT2D eigenvalue weighted by atomic mass is 14.8. The molecule has 4 N–H and O–H groups in total. The van der Waals surface area contributed by atoms with E-state index in [9.17, 15) is 0 Å². The first-order valence-electron chi connectivity index (χ1n) is 5.02. The van der Waals surface area contributed by atoms with E-state index in [4.69, 9.17) is 5.73 Å². The highest BCUT2D eigenvalue weighted by Gasteiger charge is 1.81. The molecule has 0 aliphatic carbocycles. The van der Waals surface area contributed by atoms with Crippen LogP contribution in [0.4, 0.5) is 0 Å². The molecule has 0 aromatic heterocycles. The molecule has 0 amide bonds. The lowest BCUT2D eigenvalue weighted by Gasteiger charge is -1.98. The lowest BCUT2D eigenvalue weighted by atomic mass is 10.4. The van der Waals surface area contributed by atoms with Gasteiger partial charge in [0.2, 0.25) is 0 Å². The van der Waals surface area contributed by atoms with Crippen molar-refractivity contribution in [2.75, 3.05) is 32.7 Å². The molecule has 80 valence electrons. The zero-order chi connectivity index (χ0) is 10.5. The molecular weight excluding hydrogens is 174 g/mol. The van der Waals surface area contributed by atoms with Gasteiger partial charge in [0.05, 0.1) is 0 Å². The number of nitrogens with one attached hydrogen (secondary N) is 2. The molecule has 0 heterocycles. The van der Waals surface area contributed by atoms with Crippen LogP contribution >= 0.6 is 0 Å². The van der Waals surface area contributed by atoms with Gasteiger partial charge < -0.3 is 16.4 Å². The Morgan fingerprint density at radius 1 is 1.14 bits per heavy atom. The highest BCUT2D eigenvalue weighted by molar-refractivity contribution is 4.87. The fraction of sp³-hybridized carbons (Fsp3) is 0.545. The fourth-order valence-corrected chi connectivity index (χ4v) is 0.890. The zero-order valence-electron chi connectivity index (χ0n) is 8.76. The summed E-state index contributed by atoms with van der Waals surface area (Å²) in [5.41, 5.74) is 8.06. The molecule has 0 aliphatic rings. The summed E-state index contributed by atoms with van der Waals surface area (Å²) >= 11 is 0. The Kier molecular flexibility index (Phi) is 11.4. The summed E-state index contributed by atoms with van der Waals surface area (Å²) in [6.07, 6.45) is 7.12. The summed E-state index contributed by atoms with van der Waals surface area (Å²) in [5.74, 6) is 0. The molecule has 0 unspecified atom stereocenters. The Morgan fingerprint density at radius 2 is 1.86 bits per heavy atom. The number of rotatable bonds is 9. The maximum absolute atomic E-state index is 5.35. The molecule has 3 heteroatoms. The van der Waals surface area contributed by atoms with Crippen molar-refractivity contribution in [1.82, 2.24) is 10.6 Å². The van der Waals surface area contributed by atoms with E-state index in [2.05, 4.69) is 35.1 Å². The van der Waals surface area contributed by atoms with Crippen LogP contribution in [0, 0.1) is 0 Å². The average molecular weight is 195 g/mol. The van der Waals surface area contributed by atoms with Crippen molar-refractivity contribution in [3.05, 3.63) is 30.5 Å². The van der Waals surface area contributed by atoms with E-state index >= 15 is 0 Å². The predicted molar refractivity (Wildman–Crippen MR) is 62.3 cm³/mol.